The molecule has 0 spiro atoms. The van der Waals surface area contributed by atoms with Crippen LogP contribution >= 0.6 is 0 Å². The van der Waals surface area contributed by atoms with Gasteiger partial charge in [0.2, 0.25) is 5.91 Å². The van der Waals surface area contributed by atoms with Gasteiger partial charge in [-0.05, 0) is 6.42 Å². The van der Waals surface area contributed by atoms with E-state index in [4.69, 9.17) is 4.74 Å². The molecule has 0 aliphatic heterocycles. The molecule has 0 aromatic rings. The molecule has 0 fully saturated rings. The van der Waals surface area contributed by atoms with Gasteiger partial charge in [-0.2, -0.15) is 0 Å². The highest BCUT2D eigenvalue weighted by atomic mass is 16.5. The number of ether oxygens (including phenoxy) is 1. The second kappa shape index (κ2) is 7.10. The maximum Gasteiger partial charge on any atom is 0.222 e. The van der Waals surface area contributed by atoms with Crippen molar-refractivity contribution < 1.29 is 9.53 Å². The van der Waals surface area contributed by atoms with Crippen molar-refractivity contribution in [3.63, 3.8) is 0 Å². The predicted octanol–water partition coefficient (Wildman–Crippen LogP) is 1.19. The SMILES string of the molecule is CCCC(C)C(=O)NCCOC. The molecular formula is C9H19NO2. The van der Waals surface area contributed by atoms with Gasteiger partial charge in [0.1, 0.15) is 0 Å². The molecule has 0 aliphatic rings. The molecule has 0 rings (SSSR count). The lowest BCUT2D eigenvalue weighted by Crippen LogP contribution is -2.31. The smallest absolute Gasteiger partial charge is 0.222 e. The molecular weight excluding hydrogens is 154 g/mol. The molecule has 72 valence electrons. The number of hydrogen-bond acceptors (Lipinski definition) is 2. The average molecular weight is 173 g/mol. The largest absolute Gasteiger partial charge is 0.383 e. The van der Waals surface area contributed by atoms with E-state index >= 15 is 0 Å². The minimum Gasteiger partial charge on any atom is -0.383 e. The van der Waals surface area contributed by atoms with Crippen molar-refractivity contribution in [1.29, 1.82) is 0 Å². The van der Waals surface area contributed by atoms with Gasteiger partial charge in [-0.25, -0.2) is 0 Å². The first-order valence-corrected chi connectivity index (χ1v) is 4.49. The van der Waals surface area contributed by atoms with Gasteiger partial charge in [-0.15, -0.1) is 0 Å². The van der Waals surface area contributed by atoms with Gasteiger partial charge in [0.25, 0.3) is 0 Å². The van der Waals surface area contributed by atoms with Crippen LogP contribution in [0.2, 0.25) is 0 Å². The summed E-state index contributed by atoms with van der Waals surface area (Å²) in [5.41, 5.74) is 0. The summed E-state index contributed by atoms with van der Waals surface area (Å²) in [6, 6.07) is 0. The molecule has 0 saturated heterocycles. The Labute approximate surface area is 74.5 Å². The zero-order valence-electron chi connectivity index (χ0n) is 8.22. The lowest BCUT2D eigenvalue weighted by atomic mass is 10.1. The predicted molar refractivity (Wildman–Crippen MR) is 49.0 cm³/mol. The Morgan fingerprint density at radius 2 is 2.25 bits per heavy atom. The second-order valence-corrected chi connectivity index (χ2v) is 2.97. The van der Waals surface area contributed by atoms with E-state index in [0.29, 0.717) is 13.2 Å². The van der Waals surface area contributed by atoms with E-state index in [2.05, 4.69) is 12.2 Å². The Morgan fingerprint density at radius 1 is 1.58 bits per heavy atom. The molecule has 12 heavy (non-hydrogen) atoms. The van der Waals surface area contributed by atoms with Crippen molar-refractivity contribution in [2.45, 2.75) is 26.7 Å². The summed E-state index contributed by atoms with van der Waals surface area (Å²) in [6.45, 7) is 5.23. The first-order chi connectivity index (χ1) is 5.72. The van der Waals surface area contributed by atoms with Crippen LogP contribution in [0.5, 0.6) is 0 Å². The normalized spacial score (nSPS) is 12.6. The summed E-state index contributed by atoms with van der Waals surface area (Å²) in [6.07, 6.45) is 2.01. The Balaban J connectivity index is 3.43. The highest BCUT2D eigenvalue weighted by Gasteiger charge is 2.09. The zero-order valence-corrected chi connectivity index (χ0v) is 8.22. The Morgan fingerprint density at radius 3 is 2.75 bits per heavy atom. The van der Waals surface area contributed by atoms with E-state index in [1.54, 1.807) is 7.11 Å². The van der Waals surface area contributed by atoms with Crippen LogP contribution in [0.15, 0.2) is 0 Å². The monoisotopic (exact) mass is 173 g/mol. The highest BCUT2D eigenvalue weighted by molar-refractivity contribution is 5.78. The van der Waals surface area contributed by atoms with Crippen molar-refractivity contribution in [3.8, 4) is 0 Å². The Kier molecular flexibility index (Phi) is 6.76. The molecule has 0 aliphatic carbocycles. The van der Waals surface area contributed by atoms with Gasteiger partial charge in [0.15, 0.2) is 0 Å². The summed E-state index contributed by atoms with van der Waals surface area (Å²) in [5.74, 6) is 0.265. The lowest BCUT2D eigenvalue weighted by molar-refractivity contribution is -0.124. The minimum atomic E-state index is 0.131. The summed E-state index contributed by atoms with van der Waals surface area (Å²) in [7, 11) is 1.63. The van der Waals surface area contributed by atoms with Crippen LogP contribution in [-0.2, 0) is 9.53 Å². The molecule has 3 nitrogen and oxygen atoms in total. The van der Waals surface area contributed by atoms with Crippen LogP contribution in [0.25, 0.3) is 0 Å². The van der Waals surface area contributed by atoms with Crippen LogP contribution in [0.3, 0.4) is 0 Å². The van der Waals surface area contributed by atoms with E-state index < -0.39 is 0 Å². The van der Waals surface area contributed by atoms with Crippen molar-refractivity contribution in [2.75, 3.05) is 20.3 Å². The van der Waals surface area contributed by atoms with Gasteiger partial charge < -0.3 is 10.1 Å². The fourth-order valence-corrected chi connectivity index (χ4v) is 1.01. The lowest BCUT2D eigenvalue weighted by Gasteiger charge is -2.10. The number of hydrogen-bond donors (Lipinski definition) is 1. The molecule has 0 aromatic heterocycles. The molecule has 3 heteroatoms. The van der Waals surface area contributed by atoms with Gasteiger partial charge in [-0.3, -0.25) is 4.79 Å². The van der Waals surface area contributed by atoms with Crippen LogP contribution in [0.1, 0.15) is 26.7 Å². The number of nitrogens with one attached hydrogen (secondary N) is 1. The van der Waals surface area contributed by atoms with Crippen LogP contribution < -0.4 is 5.32 Å². The fourth-order valence-electron chi connectivity index (χ4n) is 1.01. The van der Waals surface area contributed by atoms with Crippen LogP contribution in [0, 0.1) is 5.92 Å². The molecule has 1 N–H and O–H groups in total. The minimum absolute atomic E-state index is 0.131. The van der Waals surface area contributed by atoms with Gasteiger partial charge in [-0.1, -0.05) is 20.3 Å². The second-order valence-electron chi connectivity index (χ2n) is 2.97. The molecule has 1 unspecified atom stereocenters. The molecule has 1 atom stereocenters. The third-order valence-corrected chi connectivity index (χ3v) is 1.77. The maximum absolute atomic E-state index is 11.2. The van der Waals surface area contributed by atoms with Crippen LogP contribution in [0.4, 0.5) is 0 Å². The number of amides is 1. The topological polar surface area (TPSA) is 38.3 Å². The number of methoxy groups -OCH3 is 1. The molecule has 0 aromatic carbocycles. The van der Waals surface area contributed by atoms with E-state index in [0.717, 1.165) is 12.8 Å². The number of carbonyl (C=O) groups is 1. The van der Waals surface area contributed by atoms with Crippen molar-refractivity contribution in [1.82, 2.24) is 5.32 Å². The Hall–Kier alpha value is -0.570. The van der Waals surface area contributed by atoms with E-state index in [-0.39, 0.29) is 11.8 Å². The van der Waals surface area contributed by atoms with E-state index in [9.17, 15) is 4.79 Å². The third-order valence-electron chi connectivity index (χ3n) is 1.77. The first kappa shape index (κ1) is 11.4. The quantitative estimate of drug-likeness (QED) is 0.613. The fraction of sp³-hybridized carbons (Fsp3) is 0.889. The van der Waals surface area contributed by atoms with Crippen LogP contribution in [-0.4, -0.2) is 26.2 Å². The van der Waals surface area contributed by atoms with Gasteiger partial charge >= 0.3 is 0 Å². The standard InChI is InChI=1S/C9H19NO2/c1-4-5-8(2)9(11)10-6-7-12-3/h8H,4-7H2,1-3H3,(H,10,11). The van der Waals surface area contributed by atoms with Gasteiger partial charge in [0.05, 0.1) is 6.61 Å². The average Bonchev–Trinajstić information content (AvgIpc) is 2.05. The van der Waals surface area contributed by atoms with Crippen molar-refractivity contribution >= 4 is 5.91 Å². The zero-order chi connectivity index (χ0) is 9.40. The summed E-state index contributed by atoms with van der Waals surface area (Å²) in [4.78, 5) is 11.2. The maximum atomic E-state index is 11.2. The molecule has 0 bridgehead atoms. The highest BCUT2D eigenvalue weighted by Crippen LogP contribution is 2.03. The van der Waals surface area contributed by atoms with Gasteiger partial charge in [0, 0.05) is 19.6 Å². The number of rotatable bonds is 6. The van der Waals surface area contributed by atoms with Crippen molar-refractivity contribution in [2.24, 2.45) is 5.92 Å². The summed E-state index contributed by atoms with van der Waals surface area (Å²) in [5, 5.41) is 2.80. The Bertz CT molecular complexity index is 126. The molecule has 0 radical (unpaired) electrons. The molecule has 1 amide bonds. The first-order valence-electron chi connectivity index (χ1n) is 4.49. The van der Waals surface area contributed by atoms with Crippen molar-refractivity contribution in [3.05, 3.63) is 0 Å². The van der Waals surface area contributed by atoms with E-state index in [1.165, 1.54) is 0 Å². The number of carbonyl (C=O) groups excluding carboxylic acids is 1. The summed E-state index contributed by atoms with van der Waals surface area (Å²) >= 11 is 0. The third kappa shape index (κ3) is 5.13. The molecule has 0 heterocycles. The van der Waals surface area contributed by atoms with E-state index in [1.807, 2.05) is 6.92 Å². The summed E-state index contributed by atoms with van der Waals surface area (Å²) < 4.78 is 4.82. The molecule has 0 saturated carbocycles.